The fraction of sp³-hybridized carbons (Fsp3) is 0.333. The quantitative estimate of drug-likeness (QED) is 0.892. The van der Waals surface area contributed by atoms with Gasteiger partial charge >= 0.3 is 6.03 Å². The standard InChI is InChI=1S/C18H20ClN3O2/c19-16-5-1-2-6-17(16)21-18(23)22(13-15-4-3-11-24-15)12-14-7-9-20-10-8-14/h1-2,5-10,15H,3-4,11-13H2,(H,21,23)/t15-/m1/s1. The van der Waals surface area contributed by atoms with Crippen molar-refractivity contribution in [3.8, 4) is 0 Å². The lowest BCUT2D eigenvalue weighted by molar-refractivity contribution is 0.0819. The lowest BCUT2D eigenvalue weighted by Crippen LogP contribution is -2.39. The van der Waals surface area contributed by atoms with Crippen LogP contribution < -0.4 is 5.32 Å². The van der Waals surface area contributed by atoms with E-state index in [9.17, 15) is 4.79 Å². The van der Waals surface area contributed by atoms with Gasteiger partial charge in [0.05, 0.1) is 16.8 Å². The fourth-order valence-corrected chi connectivity index (χ4v) is 2.90. The van der Waals surface area contributed by atoms with Crippen LogP contribution in [0.2, 0.25) is 5.02 Å². The van der Waals surface area contributed by atoms with Gasteiger partial charge in [-0.2, -0.15) is 0 Å². The Hall–Kier alpha value is -2.11. The molecule has 0 bridgehead atoms. The van der Waals surface area contributed by atoms with Gasteiger partial charge in [0.2, 0.25) is 0 Å². The van der Waals surface area contributed by atoms with Crippen LogP contribution in [0.3, 0.4) is 0 Å². The van der Waals surface area contributed by atoms with Crippen molar-refractivity contribution >= 4 is 23.3 Å². The molecule has 126 valence electrons. The van der Waals surface area contributed by atoms with Crippen LogP contribution in [-0.2, 0) is 11.3 Å². The predicted octanol–water partition coefficient (Wildman–Crippen LogP) is 3.95. The number of rotatable bonds is 5. The monoisotopic (exact) mass is 345 g/mol. The Bertz CT molecular complexity index is 675. The van der Waals surface area contributed by atoms with E-state index >= 15 is 0 Å². The van der Waals surface area contributed by atoms with Crippen molar-refractivity contribution in [1.82, 2.24) is 9.88 Å². The van der Waals surface area contributed by atoms with Gasteiger partial charge in [-0.1, -0.05) is 23.7 Å². The Labute approximate surface area is 146 Å². The maximum absolute atomic E-state index is 12.7. The molecule has 6 heteroatoms. The maximum Gasteiger partial charge on any atom is 0.322 e. The number of hydrogen-bond donors (Lipinski definition) is 1. The molecule has 0 aliphatic carbocycles. The zero-order chi connectivity index (χ0) is 16.8. The predicted molar refractivity (Wildman–Crippen MR) is 94.1 cm³/mol. The zero-order valence-electron chi connectivity index (χ0n) is 13.3. The van der Waals surface area contributed by atoms with E-state index in [0.29, 0.717) is 23.8 Å². The number of carbonyl (C=O) groups is 1. The molecule has 1 aromatic heterocycles. The molecule has 0 spiro atoms. The summed E-state index contributed by atoms with van der Waals surface area (Å²) >= 11 is 6.14. The molecule has 1 saturated heterocycles. The molecule has 3 rings (SSSR count). The normalized spacial score (nSPS) is 16.8. The van der Waals surface area contributed by atoms with E-state index in [4.69, 9.17) is 16.3 Å². The number of nitrogens with one attached hydrogen (secondary N) is 1. The highest BCUT2D eigenvalue weighted by atomic mass is 35.5. The molecule has 1 aliphatic heterocycles. The molecule has 2 amide bonds. The molecular formula is C18H20ClN3O2. The second-order valence-electron chi connectivity index (χ2n) is 5.78. The third-order valence-corrected chi connectivity index (χ3v) is 4.30. The van der Waals surface area contributed by atoms with E-state index < -0.39 is 0 Å². The Morgan fingerprint density at radius 3 is 2.79 bits per heavy atom. The first-order valence-corrected chi connectivity index (χ1v) is 8.41. The minimum absolute atomic E-state index is 0.0869. The van der Waals surface area contributed by atoms with Gasteiger partial charge in [0.15, 0.2) is 0 Å². The zero-order valence-corrected chi connectivity index (χ0v) is 14.1. The number of nitrogens with zero attached hydrogens (tertiary/aromatic N) is 2. The van der Waals surface area contributed by atoms with E-state index in [1.807, 2.05) is 24.3 Å². The molecule has 1 aromatic carbocycles. The Balaban J connectivity index is 1.72. The Kier molecular flexibility index (Phi) is 5.67. The van der Waals surface area contributed by atoms with Gasteiger partial charge in [-0.3, -0.25) is 4.98 Å². The first-order valence-electron chi connectivity index (χ1n) is 8.03. The summed E-state index contributed by atoms with van der Waals surface area (Å²) in [6.07, 6.45) is 5.56. The van der Waals surface area contributed by atoms with Crippen molar-refractivity contribution in [3.05, 3.63) is 59.4 Å². The number of amides is 2. The van der Waals surface area contributed by atoms with Crippen molar-refractivity contribution in [2.75, 3.05) is 18.5 Å². The van der Waals surface area contributed by atoms with Gasteiger partial charge in [0.1, 0.15) is 0 Å². The van der Waals surface area contributed by atoms with Crippen LogP contribution in [0, 0.1) is 0 Å². The van der Waals surface area contributed by atoms with E-state index in [1.165, 1.54) is 0 Å². The van der Waals surface area contributed by atoms with Crippen molar-refractivity contribution in [2.45, 2.75) is 25.5 Å². The van der Waals surface area contributed by atoms with Crippen LogP contribution in [-0.4, -0.2) is 35.2 Å². The van der Waals surface area contributed by atoms with E-state index in [2.05, 4.69) is 10.3 Å². The van der Waals surface area contributed by atoms with E-state index in [1.54, 1.807) is 29.4 Å². The molecule has 24 heavy (non-hydrogen) atoms. The summed E-state index contributed by atoms with van der Waals surface area (Å²) < 4.78 is 5.69. The third-order valence-electron chi connectivity index (χ3n) is 3.97. The number of benzene rings is 1. The van der Waals surface area contributed by atoms with E-state index in [-0.39, 0.29) is 12.1 Å². The highest BCUT2D eigenvalue weighted by Gasteiger charge is 2.23. The molecular weight excluding hydrogens is 326 g/mol. The second kappa shape index (κ2) is 8.13. The van der Waals surface area contributed by atoms with Crippen molar-refractivity contribution in [1.29, 1.82) is 0 Å². The summed E-state index contributed by atoms with van der Waals surface area (Å²) in [5, 5.41) is 3.41. The van der Waals surface area contributed by atoms with Crippen LogP contribution in [0.15, 0.2) is 48.8 Å². The second-order valence-corrected chi connectivity index (χ2v) is 6.19. The molecule has 2 heterocycles. The molecule has 1 fully saturated rings. The summed E-state index contributed by atoms with van der Waals surface area (Å²) in [5.41, 5.74) is 1.63. The summed E-state index contributed by atoms with van der Waals surface area (Å²) in [4.78, 5) is 18.5. The number of anilines is 1. The van der Waals surface area contributed by atoms with Crippen molar-refractivity contribution in [3.63, 3.8) is 0 Å². The van der Waals surface area contributed by atoms with Crippen LogP contribution >= 0.6 is 11.6 Å². The molecule has 2 aromatic rings. The van der Waals surface area contributed by atoms with Gasteiger partial charge < -0.3 is 15.0 Å². The SMILES string of the molecule is O=C(Nc1ccccc1Cl)N(Cc1ccncc1)C[C@H]1CCCO1. The lowest BCUT2D eigenvalue weighted by atomic mass is 10.2. The first kappa shape index (κ1) is 16.7. The number of carbonyl (C=O) groups excluding carboxylic acids is 1. The number of urea groups is 1. The molecule has 0 unspecified atom stereocenters. The third kappa shape index (κ3) is 4.46. The minimum Gasteiger partial charge on any atom is -0.376 e. The van der Waals surface area contributed by atoms with Gasteiger partial charge in [-0.15, -0.1) is 0 Å². The smallest absolute Gasteiger partial charge is 0.322 e. The van der Waals surface area contributed by atoms with Crippen molar-refractivity contribution < 1.29 is 9.53 Å². The number of para-hydroxylation sites is 1. The molecule has 0 saturated carbocycles. The van der Waals surface area contributed by atoms with Gasteiger partial charge in [0, 0.05) is 32.1 Å². The van der Waals surface area contributed by atoms with E-state index in [0.717, 1.165) is 25.0 Å². The van der Waals surface area contributed by atoms with Gasteiger partial charge in [0.25, 0.3) is 0 Å². The van der Waals surface area contributed by atoms with Gasteiger partial charge in [-0.05, 0) is 42.7 Å². The average molecular weight is 346 g/mol. The van der Waals surface area contributed by atoms with Gasteiger partial charge in [-0.25, -0.2) is 4.79 Å². The maximum atomic E-state index is 12.7. The highest BCUT2D eigenvalue weighted by Crippen LogP contribution is 2.22. The highest BCUT2D eigenvalue weighted by molar-refractivity contribution is 6.33. The largest absolute Gasteiger partial charge is 0.376 e. The molecule has 5 nitrogen and oxygen atoms in total. The van der Waals surface area contributed by atoms with Crippen LogP contribution in [0.5, 0.6) is 0 Å². The number of ether oxygens (including phenoxy) is 1. The molecule has 1 atom stereocenters. The molecule has 1 N–H and O–H groups in total. The number of aromatic nitrogens is 1. The van der Waals surface area contributed by atoms with Crippen LogP contribution in [0.4, 0.5) is 10.5 Å². The number of hydrogen-bond acceptors (Lipinski definition) is 3. The van der Waals surface area contributed by atoms with Crippen LogP contribution in [0.1, 0.15) is 18.4 Å². The van der Waals surface area contributed by atoms with Crippen LogP contribution in [0.25, 0.3) is 0 Å². The molecule has 0 radical (unpaired) electrons. The lowest BCUT2D eigenvalue weighted by Gasteiger charge is -2.26. The summed E-state index contributed by atoms with van der Waals surface area (Å²) in [6, 6.07) is 10.8. The average Bonchev–Trinajstić information content (AvgIpc) is 3.10. The topological polar surface area (TPSA) is 54.5 Å². The molecule has 1 aliphatic rings. The fourth-order valence-electron chi connectivity index (χ4n) is 2.72. The first-order chi connectivity index (χ1) is 11.7. The Morgan fingerprint density at radius 2 is 2.08 bits per heavy atom. The summed E-state index contributed by atoms with van der Waals surface area (Å²) in [7, 11) is 0. The number of pyridine rings is 1. The summed E-state index contributed by atoms with van der Waals surface area (Å²) in [5.74, 6) is 0. The minimum atomic E-state index is -0.185. The Morgan fingerprint density at radius 1 is 1.29 bits per heavy atom. The summed E-state index contributed by atoms with van der Waals surface area (Å²) in [6.45, 7) is 1.82. The number of halogens is 1. The van der Waals surface area contributed by atoms with Crippen molar-refractivity contribution in [2.24, 2.45) is 0 Å².